The van der Waals surface area contributed by atoms with Crippen LogP contribution in [0.5, 0.6) is 0 Å². The van der Waals surface area contributed by atoms with E-state index in [2.05, 4.69) is 32.5 Å². The molecule has 0 aliphatic carbocycles. The Labute approximate surface area is 62.2 Å². The van der Waals surface area contributed by atoms with Gasteiger partial charge >= 0.3 is 0 Å². The van der Waals surface area contributed by atoms with Crippen molar-refractivity contribution in [3.63, 3.8) is 0 Å². The van der Waals surface area contributed by atoms with Crippen LogP contribution < -0.4 is 0 Å². The van der Waals surface area contributed by atoms with Crippen molar-refractivity contribution in [2.24, 2.45) is 10.4 Å². The predicted molar refractivity (Wildman–Crippen MR) is 45.9 cm³/mol. The SMILES string of the molecule is C=NC(=N)/C=C\C(C)(C)C. The number of nitrogens with one attached hydrogen (secondary N) is 1. The Morgan fingerprint density at radius 2 is 2.00 bits per heavy atom. The van der Waals surface area contributed by atoms with Crippen molar-refractivity contribution < 1.29 is 0 Å². The number of hydrogen-bond acceptors (Lipinski definition) is 1. The maximum absolute atomic E-state index is 7.10. The lowest BCUT2D eigenvalue weighted by atomic mass is 9.96. The van der Waals surface area contributed by atoms with Gasteiger partial charge in [0, 0.05) is 0 Å². The highest BCUT2D eigenvalue weighted by Crippen LogP contribution is 2.14. The summed E-state index contributed by atoms with van der Waals surface area (Å²) in [4.78, 5) is 3.44. The lowest BCUT2D eigenvalue weighted by Gasteiger charge is -2.10. The lowest BCUT2D eigenvalue weighted by Crippen LogP contribution is -1.99. The Bertz CT molecular complexity index is 161. The summed E-state index contributed by atoms with van der Waals surface area (Å²) in [5.74, 6) is 0.218. The Hall–Kier alpha value is -0.920. The van der Waals surface area contributed by atoms with E-state index in [9.17, 15) is 0 Å². The van der Waals surface area contributed by atoms with Crippen molar-refractivity contribution in [3.8, 4) is 0 Å². The van der Waals surface area contributed by atoms with Gasteiger partial charge in [0.25, 0.3) is 0 Å². The second kappa shape index (κ2) is 3.30. The summed E-state index contributed by atoms with van der Waals surface area (Å²) in [7, 11) is 0. The van der Waals surface area contributed by atoms with E-state index in [1.807, 2.05) is 6.08 Å². The highest BCUT2D eigenvalue weighted by molar-refractivity contribution is 5.93. The van der Waals surface area contributed by atoms with Gasteiger partial charge in [0.05, 0.1) is 0 Å². The van der Waals surface area contributed by atoms with Crippen LogP contribution in [0, 0.1) is 10.8 Å². The molecule has 56 valence electrons. The van der Waals surface area contributed by atoms with Gasteiger partial charge in [0.15, 0.2) is 0 Å². The average molecular weight is 138 g/mol. The third kappa shape index (κ3) is 5.22. The summed E-state index contributed by atoms with van der Waals surface area (Å²) in [6, 6.07) is 0. The molecule has 0 heterocycles. The van der Waals surface area contributed by atoms with Gasteiger partial charge in [-0.1, -0.05) is 26.8 Å². The van der Waals surface area contributed by atoms with Gasteiger partial charge in [-0.15, -0.1) is 0 Å². The number of nitrogens with zero attached hydrogens (tertiary/aromatic N) is 1. The summed E-state index contributed by atoms with van der Waals surface area (Å²) < 4.78 is 0. The van der Waals surface area contributed by atoms with Crippen molar-refractivity contribution in [1.82, 2.24) is 0 Å². The lowest BCUT2D eigenvalue weighted by molar-refractivity contribution is 0.544. The molecular formula is C8H14N2. The normalized spacial score (nSPS) is 11.9. The first-order valence-corrected chi connectivity index (χ1v) is 3.20. The van der Waals surface area contributed by atoms with Crippen molar-refractivity contribution >= 4 is 12.6 Å². The zero-order valence-electron chi connectivity index (χ0n) is 6.81. The number of aliphatic imine (C=N–C) groups is 1. The van der Waals surface area contributed by atoms with E-state index in [4.69, 9.17) is 5.41 Å². The van der Waals surface area contributed by atoms with Gasteiger partial charge in [0.1, 0.15) is 5.84 Å². The molecule has 0 bridgehead atoms. The minimum atomic E-state index is 0.122. The van der Waals surface area contributed by atoms with E-state index in [0.717, 1.165) is 0 Å². The molecule has 2 heteroatoms. The fourth-order valence-electron chi connectivity index (χ4n) is 0.382. The summed E-state index contributed by atoms with van der Waals surface area (Å²) in [6.45, 7) is 9.44. The second-order valence-electron chi connectivity index (χ2n) is 3.24. The standard InChI is InChI=1S/C8H14N2/c1-8(2,3)6-5-7(9)10-4/h5-6,9H,4H2,1-3H3/b6-5-,9-7?. The zero-order chi connectivity index (χ0) is 8.20. The molecule has 0 aromatic heterocycles. The Morgan fingerprint density at radius 1 is 1.50 bits per heavy atom. The molecule has 0 aliphatic heterocycles. The molecule has 0 saturated heterocycles. The maximum Gasteiger partial charge on any atom is 0.143 e. The Balaban J connectivity index is 4.00. The monoisotopic (exact) mass is 138 g/mol. The molecule has 0 unspecified atom stereocenters. The summed E-state index contributed by atoms with van der Waals surface area (Å²) >= 11 is 0. The van der Waals surface area contributed by atoms with E-state index in [-0.39, 0.29) is 11.3 Å². The average Bonchev–Trinajstić information content (AvgIpc) is 1.81. The second-order valence-corrected chi connectivity index (χ2v) is 3.24. The molecular weight excluding hydrogens is 124 g/mol. The molecule has 0 aromatic rings. The molecule has 1 N–H and O–H groups in total. The Morgan fingerprint density at radius 3 is 2.30 bits per heavy atom. The summed E-state index contributed by atoms with van der Waals surface area (Å²) in [6.07, 6.45) is 3.59. The van der Waals surface area contributed by atoms with E-state index >= 15 is 0 Å². The van der Waals surface area contributed by atoms with Gasteiger partial charge in [0.2, 0.25) is 0 Å². The van der Waals surface area contributed by atoms with Crippen LogP contribution >= 0.6 is 0 Å². The largest absolute Gasteiger partial charge is 0.283 e. The molecule has 0 radical (unpaired) electrons. The Kier molecular flexibility index (Phi) is 3.00. The smallest absolute Gasteiger partial charge is 0.143 e. The van der Waals surface area contributed by atoms with Gasteiger partial charge in [-0.05, 0) is 18.2 Å². The first kappa shape index (κ1) is 9.08. The van der Waals surface area contributed by atoms with Gasteiger partial charge in [-0.25, -0.2) is 4.99 Å². The first-order chi connectivity index (χ1) is 4.45. The van der Waals surface area contributed by atoms with Crippen molar-refractivity contribution in [1.29, 1.82) is 5.41 Å². The van der Waals surface area contributed by atoms with Gasteiger partial charge in [-0.3, -0.25) is 5.41 Å². The molecule has 0 aliphatic rings. The third-order valence-electron chi connectivity index (χ3n) is 0.912. The fourth-order valence-corrected chi connectivity index (χ4v) is 0.382. The van der Waals surface area contributed by atoms with Crippen LogP contribution in [0.25, 0.3) is 0 Å². The number of hydrogen-bond donors (Lipinski definition) is 1. The van der Waals surface area contributed by atoms with Crippen molar-refractivity contribution in [2.45, 2.75) is 20.8 Å². The van der Waals surface area contributed by atoms with Crippen LogP contribution in [0.2, 0.25) is 0 Å². The van der Waals surface area contributed by atoms with Crippen LogP contribution in [-0.2, 0) is 0 Å². The molecule has 10 heavy (non-hydrogen) atoms. The topological polar surface area (TPSA) is 36.2 Å². The highest BCUT2D eigenvalue weighted by Gasteiger charge is 2.02. The molecule has 0 saturated carbocycles. The van der Waals surface area contributed by atoms with Crippen LogP contribution in [-0.4, -0.2) is 12.6 Å². The van der Waals surface area contributed by atoms with E-state index < -0.39 is 0 Å². The van der Waals surface area contributed by atoms with Gasteiger partial charge < -0.3 is 0 Å². The predicted octanol–water partition coefficient (Wildman–Crippen LogP) is 2.27. The number of amidine groups is 1. The molecule has 0 rings (SSSR count). The van der Waals surface area contributed by atoms with Crippen LogP contribution in [0.3, 0.4) is 0 Å². The summed E-state index contributed by atoms with van der Waals surface area (Å²) in [5.41, 5.74) is 0.122. The van der Waals surface area contributed by atoms with E-state index in [0.29, 0.717) is 0 Å². The zero-order valence-corrected chi connectivity index (χ0v) is 6.81. The minimum absolute atomic E-state index is 0.122. The van der Waals surface area contributed by atoms with Crippen LogP contribution in [0.4, 0.5) is 0 Å². The minimum Gasteiger partial charge on any atom is -0.283 e. The molecule has 2 nitrogen and oxygen atoms in total. The van der Waals surface area contributed by atoms with Crippen molar-refractivity contribution in [2.75, 3.05) is 0 Å². The van der Waals surface area contributed by atoms with Crippen LogP contribution in [0.15, 0.2) is 17.1 Å². The first-order valence-electron chi connectivity index (χ1n) is 3.20. The number of allylic oxidation sites excluding steroid dienone is 1. The van der Waals surface area contributed by atoms with E-state index in [1.54, 1.807) is 6.08 Å². The molecule has 0 spiro atoms. The van der Waals surface area contributed by atoms with Gasteiger partial charge in [-0.2, -0.15) is 0 Å². The van der Waals surface area contributed by atoms with E-state index in [1.165, 1.54) is 0 Å². The molecule has 0 atom stereocenters. The number of rotatable bonds is 1. The van der Waals surface area contributed by atoms with Crippen LogP contribution in [0.1, 0.15) is 20.8 Å². The van der Waals surface area contributed by atoms with Crippen molar-refractivity contribution in [3.05, 3.63) is 12.2 Å². The summed E-state index contributed by atoms with van der Waals surface area (Å²) in [5, 5.41) is 7.10. The molecule has 0 fully saturated rings. The quantitative estimate of drug-likeness (QED) is 0.426. The molecule has 0 aromatic carbocycles. The third-order valence-corrected chi connectivity index (χ3v) is 0.912. The molecule has 0 amide bonds. The highest BCUT2D eigenvalue weighted by atomic mass is 14.8. The maximum atomic E-state index is 7.10. The fraction of sp³-hybridized carbons (Fsp3) is 0.500.